The summed E-state index contributed by atoms with van der Waals surface area (Å²) in [6, 6.07) is 0.417. The molecule has 13 heteroatoms. The van der Waals surface area contributed by atoms with Crippen LogP contribution in [0.1, 0.15) is 28.4 Å². The van der Waals surface area contributed by atoms with E-state index in [2.05, 4.69) is 25.6 Å². The van der Waals surface area contributed by atoms with E-state index < -0.39 is 47.1 Å². The van der Waals surface area contributed by atoms with Gasteiger partial charge >= 0.3 is 18.4 Å². The molecule has 2 amide bonds. The summed E-state index contributed by atoms with van der Waals surface area (Å²) in [7, 11) is 0. The number of amides is 2. The minimum absolute atomic E-state index is 0.0828. The fraction of sp³-hybridized carbons (Fsp3) is 0.158. The third-order valence-electron chi connectivity index (χ3n) is 4.14. The van der Waals surface area contributed by atoms with Crippen LogP contribution >= 0.6 is 0 Å². The molecule has 0 radical (unpaired) electrons. The summed E-state index contributed by atoms with van der Waals surface area (Å²) in [6.45, 7) is 0. The van der Waals surface area contributed by atoms with Crippen molar-refractivity contribution in [2.24, 2.45) is 0 Å². The zero-order valence-corrected chi connectivity index (χ0v) is 15.7. The van der Waals surface area contributed by atoms with Gasteiger partial charge in [-0.25, -0.2) is 19.2 Å². The van der Waals surface area contributed by atoms with Crippen molar-refractivity contribution in [1.29, 1.82) is 0 Å². The molecule has 0 aliphatic carbocycles. The number of benzene rings is 1. The Bertz CT molecular complexity index is 1100. The normalized spacial score (nSPS) is 12.8. The molecule has 0 spiro atoms. The Morgan fingerprint density at radius 1 is 0.938 bits per heavy atom. The van der Waals surface area contributed by atoms with Crippen LogP contribution in [0.25, 0.3) is 0 Å². The zero-order valence-electron chi connectivity index (χ0n) is 15.7. The molecule has 6 nitrogen and oxygen atoms in total. The van der Waals surface area contributed by atoms with E-state index in [1.165, 1.54) is 18.7 Å². The van der Waals surface area contributed by atoms with Crippen molar-refractivity contribution >= 4 is 11.7 Å². The summed E-state index contributed by atoms with van der Waals surface area (Å²) in [5, 5.41) is 4.44. The molecule has 3 rings (SSSR count). The highest BCUT2D eigenvalue weighted by atomic mass is 19.4. The Kier molecular flexibility index (Phi) is 6.27. The van der Waals surface area contributed by atoms with Gasteiger partial charge in [-0.15, -0.1) is 0 Å². The first kappa shape index (κ1) is 22.9. The molecule has 0 saturated heterocycles. The molecule has 1 aromatic carbocycles. The van der Waals surface area contributed by atoms with Gasteiger partial charge in [0.1, 0.15) is 12.1 Å². The van der Waals surface area contributed by atoms with Gasteiger partial charge in [0.25, 0.3) is 0 Å². The second-order valence-electron chi connectivity index (χ2n) is 6.33. The van der Waals surface area contributed by atoms with E-state index in [1.807, 2.05) is 0 Å². The van der Waals surface area contributed by atoms with Crippen molar-refractivity contribution in [3.63, 3.8) is 0 Å². The number of nitrogens with one attached hydrogen (secondary N) is 2. The maximum absolute atomic E-state index is 14.1. The predicted molar refractivity (Wildman–Crippen MR) is 96.7 cm³/mol. The Labute approximate surface area is 175 Å². The molecule has 0 bridgehead atoms. The van der Waals surface area contributed by atoms with E-state index in [0.29, 0.717) is 18.2 Å². The van der Waals surface area contributed by atoms with Gasteiger partial charge in [0.2, 0.25) is 0 Å². The van der Waals surface area contributed by atoms with Gasteiger partial charge in [-0.05, 0) is 29.8 Å². The van der Waals surface area contributed by atoms with Crippen molar-refractivity contribution in [2.45, 2.75) is 18.4 Å². The molecule has 168 valence electrons. The highest BCUT2D eigenvalue weighted by Gasteiger charge is 2.38. The fourth-order valence-corrected chi connectivity index (χ4v) is 2.80. The number of pyridine rings is 1. The van der Waals surface area contributed by atoms with Gasteiger partial charge in [0.15, 0.2) is 0 Å². The van der Waals surface area contributed by atoms with Crippen LogP contribution in [0.5, 0.6) is 0 Å². The number of anilines is 1. The smallest absolute Gasteiger partial charge is 0.325 e. The Balaban J connectivity index is 2.05. The highest BCUT2D eigenvalue weighted by molar-refractivity contribution is 5.89. The first-order chi connectivity index (χ1) is 15.0. The molecule has 2 N–H and O–H groups in total. The Morgan fingerprint density at radius 3 is 2.19 bits per heavy atom. The fourth-order valence-electron chi connectivity index (χ4n) is 2.80. The van der Waals surface area contributed by atoms with Crippen molar-refractivity contribution in [3.05, 3.63) is 83.5 Å². The molecule has 0 saturated carbocycles. The number of halogens is 7. The van der Waals surface area contributed by atoms with Crippen molar-refractivity contribution in [2.75, 3.05) is 5.32 Å². The van der Waals surface area contributed by atoms with E-state index in [4.69, 9.17) is 0 Å². The molecule has 2 heterocycles. The van der Waals surface area contributed by atoms with E-state index in [9.17, 15) is 35.5 Å². The molecule has 3 aromatic rings. The van der Waals surface area contributed by atoms with Gasteiger partial charge in [-0.1, -0.05) is 6.07 Å². The maximum Gasteiger partial charge on any atom is 0.419 e. The number of hydrogen-bond donors (Lipinski definition) is 2. The topological polar surface area (TPSA) is 79.8 Å². The molecule has 0 aliphatic rings. The van der Waals surface area contributed by atoms with Crippen LogP contribution in [-0.4, -0.2) is 21.0 Å². The second-order valence-corrected chi connectivity index (χ2v) is 6.33. The summed E-state index contributed by atoms with van der Waals surface area (Å²) >= 11 is 0. The van der Waals surface area contributed by atoms with Gasteiger partial charge < -0.3 is 10.6 Å². The van der Waals surface area contributed by atoms with E-state index in [-0.39, 0.29) is 11.3 Å². The third-order valence-corrected chi connectivity index (χ3v) is 4.14. The number of hydrogen-bond acceptors (Lipinski definition) is 4. The molecule has 0 aliphatic heterocycles. The van der Waals surface area contributed by atoms with Crippen molar-refractivity contribution in [3.8, 4) is 0 Å². The van der Waals surface area contributed by atoms with Crippen LogP contribution in [0, 0.1) is 5.82 Å². The highest BCUT2D eigenvalue weighted by Crippen LogP contribution is 2.37. The lowest BCUT2D eigenvalue weighted by atomic mass is 9.97. The molecule has 1 atom stereocenters. The zero-order chi connectivity index (χ0) is 23.5. The number of carbonyl (C=O) groups excluding carboxylic acids is 1. The minimum Gasteiger partial charge on any atom is -0.325 e. The lowest BCUT2D eigenvalue weighted by molar-refractivity contribution is -0.140. The van der Waals surface area contributed by atoms with Crippen LogP contribution in [0.3, 0.4) is 0 Å². The minimum atomic E-state index is -5.02. The third kappa shape index (κ3) is 5.28. The molecule has 0 unspecified atom stereocenters. The van der Waals surface area contributed by atoms with Crippen LogP contribution in [0.15, 0.2) is 55.2 Å². The van der Waals surface area contributed by atoms with E-state index in [1.54, 1.807) is 0 Å². The summed E-state index contributed by atoms with van der Waals surface area (Å²) in [5.74, 6) is -1.72. The van der Waals surface area contributed by atoms with Gasteiger partial charge in [0, 0.05) is 6.20 Å². The van der Waals surface area contributed by atoms with Crippen LogP contribution < -0.4 is 10.6 Å². The van der Waals surface area contributed by atoms with Crippen LogP contribution in [-0.2, 0) is 12.4 Å². The SMILES string of the molecule is O=C(Nc1cncnc1)N[C@@H](c1ccc(C(F)(F)F)c(F)c1)c1ncccc1C(F)(F)F. The number of carbonyl (C=O) groups is 1. The molecule has 32 heavy (non-hydrogen) atoms. The lowest BCUT2D eigenvalue weighted by Gasteiger charge is -2.23. The Hall–Kier alpha value is -3.77. The average Bonchev–Trinajstić information content (AvgIpc) is 2.71. The molecular weight excluding hydrogens is 447 g/mol. The number of alkyl halides is 6. The van der Waals surface area contributed by atoms with E-state index >= 15 is 0 Å². The van der Waals surface area contributed by atoms with Crippen LogP contribution in [0.2, 0.25) is 0 Å². The number of nitrogens with zero attached hydrogens (tertiary/aromatic N) is 3. The predicted octanol–water partition coefficient (Wildman–Crippen LogP) is 4.96. The average molecular weight is 459 g/mol. The molecular formula is C19H12F7N5O. The van der Waals surface area contributed by atoms with Gasteiger partial charge in [-0.2, -0.15) is 26.3 Å². The second kappa shape index (κ2) is 8.77. The monoisotopic (exact) mass is 459 g/mol. The van der Waals surface area contributed by atoms with Crippen molar-refractivity contribution < 1.29 is 35.5 Å². The Morgan fingerprint density at radius 2 is 1.59 bits per heavy atom. The maximum atomic E-state index is 14.1. The molecule has 2 aromatic heterocycles. The molecule has 0 fully saturated rings. The van der Waals surface area contributed by atoms with Gasteiger partial charge in [0.05, 0.1) is 40.9 Å². The number of urea groups is 1. The summed E-state index contributed by atoms with van der Waals surface area (Å²) in [5.41, 5.74) is -3.91. The summed E-state index contributed by atoms with van der Waals surface area (Å²) in [4.78, 5) is 23.3. The number of rotatable bonds is 4. The van der Waals surface area contributed by atoms with E-state index in [0.717, 1.165) is 18.3 Å². The quantitative estimate of drug-likeness (QED) is 0.541. The van der Waals surface area contributed by atoms with Gasteiger partial charge in [-0.3, -0.25) is 4.98 Å². The largest absolute Gasteiger partial charge is 0.419 e. The first-order valence-corrected chi connectivity index (χ1v) is 8.68. The first-order valence-electron chi connectivity index (χ1n) is 8.68. The summed E-state index contributed by atoms with van der Waals surface area (Å²) in [6.07, 6.45) is -5.36. The van der Waals surface area contributed by atoms with Crippen molar-refractivity contribution in [1.82, 2.24) is 20.3 Å². The summed E-state index contributed by atoms with van der Waals surface area (Å²) < 4.78 is 93.3. The number of aromatic nitrogens is 3. The standard InChI is InChI=1S/C19H12F7N5O/c20-14-6-10(3-4-12(14)18(21,22)23)15(16-13(19(24,25)26)2-1-5-29-16)31-17(32)30-11-7-27-9-28-8-11/h1-9,15H,(H2,30,31,32)/t15-/m0/s1. The van der Waals surface area contributed by atoms with Crippen LogP contribution in [0.4, 0.5) is 41.2 Å². The lowest BCUT2D eigenvalue weighted by Crippen LogP contribution is -2.35.